The van der Waals surface area contributed by atoms with Gasteiger partial charge in [-0.25, -0.2) is 0 Å². The zero-order chi connectivity index (χ0) is 14.9. The molecule has 0 fully saturated rings. The molecule has 108 valence electrons. The van der Waals surface area contributed by atoms with E-state index in [4.69, 9.17) is 11.6 Å². The van der Waals surface area contributed by atoms with Crippen molar-refractivity contribution in [2.75, 3.05) is 7.05 Å². The van der Waals surface area contributed by atoms with Crippen LogP contribution in [0.4, 0.5) is 0 Å². The molecule has 0 amide bonds. The maximum absolute atomic E-state index is 6.36. The van der Waals surface area contributed by atoms with Crippen molar-refractivity contribution in [2.24, 2.45) is 0 Å². The second-order valence-corrected chi connectivity index (χ2v) is 6.46. The van der Waals surface area contributed by atoms with E-state index in [1.54, 1.807) is 6.20 Å². The van der Waals surface area contributed by atoms with E-state index in [9.17, 15) is 0 Å². The van der Waals surface area contributed by atoms with Gasteiger partial charge in [0.15, 0.2) is 0 Å². The summed E-state index contributed by atoms with van der Waals surface area (Å²) in [6.45, 7) is 6.32. The van der Waals surface area contributed by atoms with Crippen molar-refractivity contribution in [3.8, 4) is 0 Å². The van der Waals surface area contributed by atoms with E-state index in [-0.39, 0.29) is 12.1 Å². The Balaban J connectivity index is 2.55. The fourth-order valence-electron chi connectivity index (χ4n) is 2.43. The van der Waals surface area contributed by atoms with E-state index in [0.717, 1.165) is 10.2 Å². The monoisotopic (exact) mass is 355 g/mol. The molecule has 3 nitrogen and oxygen atoms in total. The molecule has 2 aromatic rings. The Morgan fingerprint density at radius 2 is 2.05 bits per heavy atom. The molecule has 0 saturated heterocycles. The highest BCUT2D eigenvalue weighted by molar-refractivity contribution is 9.10. The van der Waals surface area contributed by atoms with E-state index in [2.05, 4.69) is 65.3 Å². The first-order chi connectivity index (χ1) is 9.45. The van der Waals surface area contributed by atoms with Crippen molar-refractivity contribution >= 4 is 27.5 Å². The van der Waals surface area contributed by atoms with Gasteiger partial charge in [0.05, 0.1) is 23.0 Å². The highest BCUT2D eigenvalue weighted by Crippen LogP contribution is 2.32. The van der Waals surface area contributed by atoms with Gasteiger partial charge in [0.1, 0.15) is 0 Å². The molecule has 0 saturated carbocycles. The molecule has 1 N–H and O–H groups in total. The van der Waals surface area contributed by atoms with Gasteiger partial charge >= 0.3 is 0 Å². The Morgan fingerprint density at radius 3 is 2.60 bits per heavy atom. The van der Waals surface area contributed by atoms with Gasteiger partial charge in [-0.3, -0.25) is 4.68 Å². The Hall–Kier alpha value is -0.840. The first kappa shape index (κ1) is 15.5. The molecule has 0 radical (unpaired) electrons. The lowest BCUT2D eigenvalue weighted by atomic mass is 9.98. The highest BCUT2D eigenvalue weighted by Gasteiger charge is 2.23. The quantitative estimate of drug-likeness (QED) is 0.874. The third kappa shape index (κ3) is 2.92. The minimum absolute atomic E-state index is 0.0282. The van der Waals surface area contributed by atoms with Crippen molar-refractivity contribution in [1.29, 1.82) is 0 Å². The summed E-state index contributed by atoms with van der Waals surface area (Å²) < 4.78 is 3.06. The molecule has 1 atom stereocenters. The van der Waals surface area contributed by atoms with Gasteiger partial charge in [-0.15, -0.1) is 0 Å². The maximum atomic E-state index is 6.36. The van der Waals surface area contributed by atoms with Crippen LogP contribution in [0.1, 0.15) is 42.8 Å². The number of hydrogen-bond acceptors (Lipinski definition) is 2. The first-order valence-corrected chi connectivity index (χ1v) is 7.79. The number of nitrogens with one attached hydrogen (secondary N) is 1. The van der Waals surface area contributed by atoms with Crippen LogP contribution in [0.5, 0.6) is 0 Å². The summed E-state index contributed by atoms with van der Waals surface area (Å²) in [6, 6.07) is 6.58. The van der Waals surface area contributed by atoms with Gasteiger partial charge in [0.2, 0.25) is 0 Å². The summed E-state index contributed by atoms with van der Waals surface area (Å²) in [5.74, 6) is 0. The third-order valence-corrected chi connectivity index (χ3v) is 4.17. The molecule has 20 heavy (non-hydrogen) atoms. The summed E-state index contributed by atoms with van der Waals surface area (Å²) >= 11 is 9.87. The van der Waals surface area contributed by atoms with Gasteiger partial charge in [-0.1, -0.05) is 33.6 Å². The number of nitrogens with zero attached hydrogens (tertiary/aromatic N) is 2. The second-order valence-electron chi connectivity index (χ2n) is 5.14. The van der Waals surface area contributed by atoms with Gasteiger partial charge in [-0.05, 0) is 51.1 Å². The van der Waals surface area contributed by atoms with Gasteiger partial charge in [0.25, 0.3) is 0 Å². The number of rotatable bonds is 4. The Labute approximate surface area is 133 Å². The van der Waals surface area contributed by atoms with Crippen LogP contribution >= 0.6 is 27.5 Å². The average molecular weight is 357 g/mol. The molecule has 0 aliphatic rings. The molecule has 1 heterocycles. The molecular weight excluding hydrogens is 338 g/mol. The normalized spacial score (nSPS) is 12.9. The molecule has 1 aromatic carbocycles. The molecule has 1 aromatic heterocycles. The predicted molar refractivity (Wildman–Crippen MR) is 87.4 cm³/mol. The highest BCUT2D eigenvalue weighted by atomic mass is 79.9. The Kier molecular flexibility index (Phi) is 4.89. The van der Waals surface area contributed by atoms with Crippen LogP contribution in [0.3, 0.4) is 0 Å². The topological polar surface area (TPSA) is 29.9 Å². The smallest absolute Gasteiger partial charge is 0.0837 e. The number of aromatic nitrogens is 2. The summed E-state index contributed by atoms with van der Waals surface area (Å²) in [7, 11) is 1.94. The predicted octanol–water partition coefficient (Wildman–Crippen LogP) is 4.50. The molecule has 5 heteroatoms. The van der Waals surface area contributed by atoms with Crippen molar-refractivity contribution in [1.82, 2.24) is 15.1 Å². The molecule has 2 rings (SSSR count). The summed E-state index contributed by atoms with van der Waals surface area (Å²) in [6.07, 6.45) is 1.72. The van der Waals surface area contributed by atoms with Crippen LogP contribution in [0, 0.1) is 6.92 Å². The van der Waals surface area contributed by atoms with Crippen LogP contribution in [0.15, 0.2) is 28.9 Å². The molecule has 0 aliphatic carbocycles. The fraction of sp³-hybridized carbons (Fsp3) is 0.400. The van der Waals surface area contributed by atoms with Crippen molar-refractivity contribution < 1.29 is 0 Å². The largest absolute Gasteiger partial charge is 0.308 e. The maximum Gasteiger partial charge on any atom is 0.0837 e. The third-order valence-electron chi connectivity index (χ3n) is 3.38. The Morgan fingerprint density at radius 1 is 1.35 bits per heavy atom. The lowest BCUT2D eigenvalue weighted by Crippen LogP contribution is -2.23. The van der Waals surface area contributed by atoms with E-state index in [1.165, 1.54) is 11.1 Å². The van der Waals surface area contributed by atoms with Crippen LogP contribution in [0.25, 0.3) is 0 Å². The van der Waals surface area contributed by atoms with E-state index in [1.807, 2.05) is 11.7 Å². The second kappa shape index (κ2) is 6.29. The van der Waals surface area contributed by atoms with Crippen LogP contribution in [0.2, 0.25) is 5.02 Å². The summed E-state index contributed by atoms with van der Waals surface area (Å²) in [4.78, 5) is 0. The number of hydrogen-bond donors (Lipinski definition) is 1. The minimum atomic E-state index is 0.0282. The van der Waals surface area contributed by atoms with E-state index < -0.39 is 0 Å². The van der Waals surface area contributed by atoms with Crippen molar-refractivity contribution in [2.45, 2.75) is 32.9 Å². The molecule has 0 bridgehead atoms. The van der Waals surface area contributed by atoms with Crippen LogP contribution < -0.4 is 5.32 Å². The van der Waals surface area contributed by atoms with Crippen molar-refractivity contribution in [3.05, 3.63) is 50.7 Å². The lowest BCUT2D eigenvalue weighted by Gasteiger charge is -2.22. The fourth-order valence-corrected chi connectivity index (χ4v) is 3.15. The Bertz CT molecular complexity index is 607. The summed E-state index contributed by atoms with van der Waals surface area (Å²) in [5, 5.41) is 8.44. The SMILES string of the molecule is CNC(c1ccc(Br)cc1C)c1c(Cl)cnn1C(C)C. The van der Waals surface area contributed by atoms with Gasteiger partial charge in [-0.2, -0.15) is 5.10 Å². The summed E-state index contributed by atoms with van der Waals surface area (Å²) in [5.41, 5.74) is 3.43. The molecule has 0 aliphatic heterocycles. The number of halogens is 2. The van der Waals surface area contributed by atoms with Gasteiger partial charge in [0, 0.05) is 10.5 Å². The number of benzene rings is 1. The minimum Gasteiger partial charge on any atom is -0.308 e. The van der Waals surface area contributed by atoms with E-state index in [0.29, 0.717) is 5.02 Å². The molecule has 0 spiro atoms. The van der Waals surface area contributed by atoms with Gasteiger partial charge < -0.3 is 5.32 Å². The number of aryl methyl sites for hydroxylation is 1. The van der Waals surface area contributed by atoms with E-state index >= 15 is 0 Å². The first-order valence-electron chi connectivity index (χ1n) is 6.62. The molecular formula is C15H19BrClN3. The lowest BCUT2D eigenvalue weighted by molar-refractivity contribution is 0.483. The van der Waals surface area contributed by atoms with Crippen molar-refractivity contribution in [3.63, 3.8) is 0 Å². The zero-order valence-corrected chi connectivity index (χ0v) is 14.5. The zero-order valence-electron chi connectivity index (χ0n) is 12.1. The average Bonchev–Trinajstić information content (AvgIpc) is 2.75. The van der Waals surface area contributed by atoms with Crippen LogP contribution in [-0.4, -0.2) is 16.8 Å². The molecule has 1 unspecified atom stereocenters. The standard InChI is InChI=1S/C15H19BrClN3/c1-9(2)20-15(13(17)8-19-20)14(18-4)12-6-5-11(16)7-10(12)3/h5-9,14,18H,1-4H3. The van der Waals surface area contributed by atoms with Crippen LogP contribution in [-0.2, 0) is 0 Å².